The van der Waals surface area contributed by atoms with E-state index < -0.39 is 17.8 Å². The van der Waals surface area contributed by atoms with Gasteiger partial charge in [0.2, 0.25) is 0 Å². The van der Waals surface area contributed by atoms with Gasteiger partial charge < -0.3 is 14.5 Å². The Morgan fingerprint density at radius 3 is 2.71 bits per heavy atom. The first kappa shape index (κ1) is 24.9. The third-order valence-corrected chi connectivity index (χ3v) is 6.31. The monoisotopic (exact) mass is 579 g/mol. The van der Waals surface area contributed by atoms with Crippen molar-refractivity contribution in [2.24, 2.45) is 0 Å². The summed E-state index contributed by atoms with van der Waals surface area (Å²) >= 11 is 15.4. The summed E-state index contributed by atoms with van der Waals surface area (Å²) in [4.78, 5) is 12.3. The molecule has 0 saturated heterocycles. The van der Waals surface area contributed by atoms with Gasteiger partial charge in [0.15, 0.2) is 11.5 Å². The van der Waals surface area contributed by atoms with Crippen LogP contribution in [-0.4, -0.2) is 22.2 Å². The number of carbonyl (C=O) groups excluding carboxylic acids is 1. The van der Waals surface area contributed by atoms with Crippen LogP contribution in [0.3, 0.4) is 0 Å². The number of amides is 1. The molecule has 1 fully saturated rings. The average Bonchev–Trinajstić information content (AvgIpc) is 3.37. The Labute approximate surface area is 211 Å². The van der Waals surface area contributed by atoms with E-state index in [9.17, 15) is 18.0 Å². The molecule has 1 aliphatic rings. The molecule has 0 bridgehead atoms. The smallest absolute Gasteiger partial charge is 0.436 e. The average molecular weight is 581 g/mol. The molecular formula is C22H19BrCl2F3N3O3. The lowest BCUT2D eigenvalue weighted by Crippen LogP contribution is -2.25. The summed E-state index contributed by atoms with van der Waals surface area (Å²) in [5.74, 6) is 0.571. The fourth-order valence-corrected chi connectivity index (χ4v) is 4.51. The van der Waals surface area contributed by atoms with Gasteiger partial charge in [-0.2, -0.15) is 18.3 Å². The summed E-state index contributed by atoms with van der Waals surface area (Å²) in [6.45, 7) is 0.510. The van der Waals surface area contributed by atoms with Gasteiger partial charge in [-0.05, 0) is 49.6 Å². The van der Waals surface area contributed by atoms with E-state index in [0.717, 1.165) is 17.3 Å². The molecule has 12 heteroatoms. The second-order valence-corrected chi connectivity index (χ2v) is 9.48. The first-order chi connectivity index (χ1) is 16.1. The summed E-state index contributed by atoms with van der Waals surface area (Å²) in [5.41, 5.74) is -0.642. The summed E-state index contributed by atoms with van der Waals surface area (Å²) in [5, 5.41) is 6.48. The topological polar surface area (TPSA) is 69.3 Å². The van der Waals surface area contributed by atoms with Crippen molar-refractivity contribution in [2.45, 2.75) is 44.5 Å². The Balaban J connectivity index is 1.28. The van der Waals surface area contributed by atoms with Gasteiger partial charge >= 0.3 is 6.18 Å². The number of rotatable bonds is 9. The summed E-state index contributed by atoms with van der Waals surface area (Å²) in [7, 11) is 0. The fourth-order valence-electron chi connectivity index (χ4n) is 3.39. The molecular weight excluding hydrogens is 562 g/mol. The molecule has 1 saturated carbocycles. The minimum absolute atomic E-state index is 0.00161. The lowest BCUT2D eigenvalue weighted by Gasteiger charge is -2.08. The van der Waals surface area contributed by atoms with Gasteiger partial charge in [0.05, 0.1) is 15.7 Å². The first-order valence-electron chi connectivity index (χ1n) is 10.4. The van der Waals surface area contributed by atoms with Crippen molar-refractivity contribution in [1.82, 2.24) is 15.1 Å². The van der Waals surface area contributed by atoms with Crippen LogP contribution in [0.15, 0.2) is 39.2 Å². The third-order valence-electron chi connectivity index (χ3n) is 5.15. The molecule has 0 unspecified atom stereocenters. The summed E-state index contributed by atoms with van der Waals surface area (Å²) in [6, 6.07) is 8.34. The van der Waals surface area contributed by atoms with Crippen LogP contribution in [-0.2, 0) is 19.3 Å². The number of hydrogen-bond donors (Lipinski definition) is 1. The van der Waals surface area contributed by atoms with Crippen LogP contribution in [0.4, 0.5) is 13.2 Å². The van der Waals surface area contributed by atoms with Crippen molar-refractivity contribution in [3.63, 3.8) is 0 Å². The highest BCUT2D eigenvalue weighted by Gasteiger charge is 2.41. The zero-order valence-electron chi connectivity index (χ0n) is 17.6. The number of carbonyl (C=O) groups is 1. The number of nitrogens with zero attached hydrogens (tertiary/aromatic N) is 2. The second-order valence-electron chi connectivity index (χ2n) is 7.78. The summed E-state index contributed by atoms with van der Waals surface area (Å²) < 4.78 is 52.7. The van der Waals surface area contributed by atoms with Crippen LogP contribution in [0.2, 0.25) is 10.0 Å². The maximum atomic E-state index is 13.2. The van der Waals surface area contributed by atoms with Gasteiger partial charge in [0.1, 0.15) is 18.1 Å². The number of halogens is 6. The van der Waals surface area contributed by atoms with E-state index in [-0.39, 0.29) is 36.4 Å². The van der Waals surface area contributed by atoms with Gasteiger partial charge in [-0.25, -0.2) is 0 Å². The molecule has 34 heavy (non-hydrogen) atoms. The van der Waals surface area contributed by atoms with Crippen LogP contribution in [0.1, 0.15) is 52.9 Å². The predicted octanol–water partition coefficient (Wildman–Crippen LogP) is 6.84. The van der Waals surface area contributed by atoms with Crippen LogP contribution in [0.25, 0.3) is 0 Å². The predicted molar refractivity (Wildman–Crippen MR) is 123 cm³/mol. The van der Waals surface area contributed by atoms with Gasteiger partial charge in [0.25, 0.3) is 5.91 Å². The Bertz CT molecular complexity index is 1190. The van der Waals surface area contributed by atoms with Gasteiger partial charge in [-0.1, -0.05) is 39.1 Å². The van der Waals surface area contributed by atoms with Crippen molar-refractivity contribution >= 4 is 45.0 Å². The zero-order chi connectivity index (χ0) is 24.5. The molecule has 3 aromatic rings. The van der Waals surface area contributed by atoms with E-state index in [1.165, 1.54) is 10.7 Å². The molecule has 4 rings (SSSR count). The van der Waals surface area contributed by atoms with Gasteiger partial charge in [-0.3, -0.25) is 9.48 Å². The van der Waals surface area contributed by atoms with Crippen LogP contribution < -0.4 is 10.1 Å². The van der Waals surface area contributed by atoms with Gasteiger partial charge in [-0.15, -0.1) is 0 Å². The lowest BCUT2D eigenvalue weighted by molar-refractivity contribution is -0.141. The van der Waals surface area contributed by atoms with Crippen molar-refractivity contribution in [2.75, 3.05) is 6.54 Å². The number of benzene rings is 1. The van der Waals surface area contributed by atoms with E-state index in [2.05, 4.69) is 26.3 Å². The Morgan fingerprint density at radius 2 is 2.03 bits per heavy atom. The number of alkyl halides is 3. The van der Waals surface area contributed by atoms with E-state index >= 15 is 0 Å². The van der Waals surface area contributed by atoms with E-state index in [0.29, 0.717) is 28.6 Å². The van der Waals surface area contributed by atoms with Crippen molar-refractivity contribution in [3.8, 4) is 5.75 Å². The normalized spacial score (nSPS) is 13.8. The van der Waals surface area contributed by atoms with Crippen molar-refractivity contribution in [3.05, 3.63) is 67.8 Å². The molecule has 1 aliphatic carbocycles. The van der Waals surface area contributed by atoms with Crippen molar-refractivity contribution < 1.29 is 27.1 Å². The SMILES string of the molecule is O=C(NCCCn1nc(C(F)(F)F)c(Cl)c1C1CC1)c1ccc(COc2ccc(Br)cc2Cl)o1. The van der Waals surface area contributed by atoms with Crippen molar-refractivity contribution in [1.29, 1.82) is 0 Å². The van der Waals surface area contributed by atoms with E-state index in [1.807, 2.05) is 0 Å². The Hall–Kier alpha value is -2.17. The number of hydrogen-bond acceptors (Lipinski definition) is 4. The highest BCUT2D eigenvalue weighted by molar-refractivity contribution is 9.10. The minimum atomic E-state index is -4.61. The first-order valence-corrected chi connectivity index (χ1v) is 12.0. The lowest BCUT2D eigenvalue weighted by atomic mass is 10.2. The van der Waals surface area contributed by atoms with Crippen LogP contribution in [0.5, 0.6) is 5.75 Å². The maximum Gasteiger partial charge on any atom is 0.436 e. The maximum absolute atomic E-state index is 13.2. The zero-order valence-corrected chi connectivity index (χ0v) is 20.7. The highest BCUT2D eigenvalue weighted by atomic mass is 79.9. The molecule has 1 N–H and O–H groups in total. The summed E-state index contributed by atoms with van der Waals surface area (Å²) in [6.07, 6.45) is -2.65. The van der Waals surface area contributed by atoms with Gasteiger partial charge in [0, 0.05) is 23.5 Å². The third kappa shape index (κ3) is 5.90. The molecule has 0 atom stereocenters. The number of aromatic nitrogens is 2. The van der Waals surface area contributed by atoms with E-state index in [4.69, 9.17) is 32.4 Å². The largest absolute Gasteiger partial charge is 0.484 e. The Kier molecular flexibility index (Phi) is 7.49. The molecule has 1 amide bonds. The van der Waals surface area contributed by atoms with Crippen LogP contribution in [0, 0.1) is 0 Å². The molecule has 182 valence electrons. The molecule has 6 nitrogen and oxygen atoms in total. The molecule has 0 radical (unpaired) electrons. The minimum Gasteiger partial charge on any atom is -0.484 e. The standard InChI is InChI=1S/C22H19BrCl2F3N3O3/c23-13-4-6-16(15(24)10-13)33-11-14-5-7-17(34-14)21(32)29-8-1-9-31-19(12-2-3-12)18(25)20(30-31)22(26,27)28/h4-7,10,12H,1-3,8-9,11H2,(H,29,32). The number of furan rings is 1. The second kappa shape index (κ2) is 10.2. The molecule has 2 aromatic heterocycles. The van der Waals surface area contributed by atoms with E-state index in [1.54, 1.807) is 24.3 Å². The number of ether oxygens (including phenoxy) is 1. The molecule has 1 aromatic carbocycles. The number of nitrogens with one attached hydrogen (secondary N) is 1. The Morgan fingerprint density at radius 1 is 1.26 bits per heavy atom. The number of aryl methyl sites for hydroxylation is 1. The van der Waals surface area contributed by atoms with Crippen LogP contribution >= 0.6 is 39.1 Å². The quantitative estimate of drug-likeness (QED) is 0.281. The highest BCUT2D eigenvalue weighted by Crippen LogP contribution is 2.46. The fraction of sp³-hybridized carbons (Fsp3) is 0.364. The molecule has 0 spiro atoms. The molecule has 0 aliphatic heterocycles. The molecule has 2 heterocycles.